The monoisotopic (exact) mass is 321 g/mol. The van der Waals surface area contributed by atoms with E-state index in [-0.39, 0.29) is 23.5 Å². The topological polar surface area (TPSA) is 67.6 Å². The third-order valence-corrected chi connectivity index (χ3v) is 5.99. The quantitative estimate of drug-likeness (QED) is 0.852. The molecule has 0 radical (unpaired) electrons. The Balaban J connectivity index is 1.79. The van der Waals surface area contributed by atoms with E-state index in [1.165, 1.54) is 0 Å². The lowest BCUT2D eigenvalue weighted by Crippen LogP contribution is -2.42. The molecule has 0 unspecified atom stereocenters. The molecule has 1 aromatic heterocycles. The van der Waals surface area contributed by atoms with Gasteiger partial charge in [-0.25, -0.2) is 8.42 Å². The van der Waals surface area contributed by atoms with Crippen LogP contribution in [0.15, 0.2) is 28.7 Å². The van der Waals surface area contributed by atoms with Crippen molar-refractivity contribution in [3.8, 4) is 0 Å². The SMILES string of the molecule is Cc1cc2cc(C(=O)N(C)C3CCS(=O)(=O)CC3)ccc2o1. The van der Waals surface area contributed by atoms with Gasteiger partial charge in [0.05, 0.1) is 11.5 Å². The maximum absolute atomic E-state index is 12.6. The third kappa shape index (κ3) is 2.88. The first-order valence-corrected chi connectivity index (χ1v) is 9.16. The molecule has 0 N–H and O–H groups in total. The van der Waals surface area contributed by atoms with Crippen molar-refractivity contribution >= 4 is 26.7 Å². The van der Waals surface area contributed by atoms with Gasteiger partial charge in [-0.05, 0) is 44.0 Å². The molecule has 1 aliphatic rings. The number of benzene rings is 1. The number of carbonyl (C=O) groups is 1. The number of fused-ring (bicyclic) bond motifs is 1. The molecule has 1 saturated heterocycles. The maximum atomic E-state index is 12.6. The van der Waals surface area contributed by atoms with Gasteiger partial charge in [0.1, 0.15) is 21.2 Å². The van der Waals surface area contributed by atoms with E-state index in [9.17, 15) is 13.2 Å². The van der Waals surface area contributed by atoms with Crippen LogP contribution < -0.4 is 0 Å². The lowest BCUT2D eigenvalue weighted by Gasteiger charge is -2.31. The van der Waals surface area contributed by atoms with Crippen LogP contribution in [0.2, 0.25) is 0 Å². The molecule has 0 bridgehead atoms. The molecule has 1 aromatic carbocycles. The summed E-state index contributed by atoms with van der Waals surface area (Å²) in [6.07, 6.45) is 1.02. The molecular formula is C16H19NO4S. The summed E-state index contributed by atoms with van der Waals surface area (Å²) in [4.78, 5) is 14.3. The molecule has 118 valence electrons. The van der Waals surface area contributed by atoms with Crippen LogP contribution in [0.4, 0.5) is 0 Å². The van der Waals surface area contributed by atoms with Gasteiger partial charge in [0.15, 0.2) is 0 Å². The summed E-state index contributed by atoms with van der Waals surface area (Å²) in [5.74, 6) is 1.06. The Labute approximate surface area is 129 Å². The van der Waals surface area contributed by atoms with Crippen molar-refractivity contribution in [2.45, 2.75) is 25.8 Å². The van der Waals surface area contributed by atoms with Crippen LogP contribution in [0.25, 0.3) is 11.0 Å². The van der Waals surface area contributed by atoms with Crippen LogP contribution in [-0.2, 0) is 9.84 Å². The van der Waals surface area contributed by atoms with E-state index in [1.807, 2.05) is 19.1 Å². The minimum absolute atomic E-state index is 0.0159. The van der Waals surface area contributed by atoms with E-state index in [2.05, 4.69) is 0 Å². The predicted molar refractivity (Wildman–Crippen MR) is 84.7 cm³/mol. The summed E-state index contributed by atoms with van der Waals surface area (Å²) in [5.41, 5.74) is 1.37. The van der Waals surface area contributed by atoms with E-state index >= 15 is 0 Å². The third-order valence-electron chi connectivity index (χ3n) is 4.28. The lowest BCUT2D eigenvalue weighted by atomic mass is 10.1. The Morgan fingerprint density at radius 1 is 1.23 bits per heavy atom. The molecule has 3 rings (SSSR count). The smallest absolute Gasteiger partial charge is 0.253 e. The molecule has 0 saturated carbocycles. The second-order valence-electron chi connectivity index (χ2n) is 5.91. The number of hydrogen-bond acceptors (Lipinski definition) is 4. The minimum atomic E-state index is -2.92. The molecule has 0 atom stereocenters. The van der Waals surface area contributed by atoms with Gasteiger partial charge in [-0.2, -0.15) is 0 Å². The summed E-state index contributed by atoms with van der Waals surface area (Å²) in [6.45, 7) is 1.87. The largest absolute Gasteiger partial charge is 0.461 e. The van der Waals surface area contributed by atoms with Crippen LogP contribution in [-0.4, -0.2) is 43.8 Å². The zero-order valence-electron chi connectivity index (χ0n) is 12.7. The fraction of sp³-hybridized carbons (Fsp3) is 0.438. The highest BCUT2D eigenvalue weighted by molar-refractivity contribution is 7.91. The molecule has 2 heterocycles. The summed E-state index contributed by atoms with van der Waals surface area (Å²) >= 11 is 0. The van der Waals surface area contributed by atoms with E-state index in [0.717, 1.165) is 16.7 Å². The fourth-order valence-corrected chi connectivity index (χ4v) is 4.41. The highest BCUT2D eigenvalue weighted by atomic mass is 32.2. The van der Waals surface area contributed by atoms with Crippen molar-refractivity contribution in [2.75, 3.05) is 18.6 Å². The highest BCUT2D eigenvalue weighted by Gasteiger charge is 2.29. The van der Waals surface area contributed by atoms with Gasteiger partial charge in [-0.1, -0.05) is 0 Å². The van der Waals surface area contributed by atoms with Gasteiger partial charge in [0.25, 0.3) is 5.91 Å². The van der Waals surface area contributed by atoms with Gasteiger partial charge >= 0.3 is 0 Å². The Hall–Kier alpha value is -1.82. The molecule has 22 heavy (non-hydrogen) atoms. The number of carbonyl (C=O) groups excluding carboxylic acids is 1. The van der Waals surface area contributed by atoms with E-state index in [4.69, 9.17) is 4.42 Å². The predicted octanol–water partition coefficient (Wildman–Crippen LogP) is 2.39. The first-order chi connectivity index (χ1) is 10.4. The Morgan fingerprint density at radius 2 is 1.91 bits per heavy atom. The first kappa shape index (κ1) is 15.1. The summed E-state index contributed by atoms with van der Waals surface area (Å²) in [5, 5.41) is 0.906. The number of furan rings is 1. The lowest BCUT2D eigenvalue weighted by molar-refractivity contribution is 0.0722. The van der Waals surface area contributed by atoms with Gasteiger partial charge in [-0.3, -0.25) is 4.79 Å². The molecule has 0 spiro atoms. The molecule has 1 fully saturated rings. The number of sulfone groups is 1. The Bertz CT molecular complexity index is 808. The maximum Gasteiger partial charge on any atom is 0.253 e. The number of aryl methyl sites for hydroxylation is 1. The molecular weight excluding hydrogens is 302 g/mol. The molecule has 5 nitrogen and oxygen atoms in total. The Kier molecular flexibility index (Phi) is 3.72. The van der Waals surface area contributed by atoms with Crippen molar-refractivity contribution in [1.29, 1.82) is 0 Å². The highest BCUT2D eigenvalue weighted by Crippen LogP contribution is 2.23. The Morgan fingerprint density at radius 3 is 2.59 bits per heavy atom. The van der Waals surface area contributed by atoms with Gasteiger partial charge in [0, 0.05) is 24.0 Å². The number of nitrogens with zero attached hydrogens (tertiary/aromatic N) is 1. The van der Waals surface area contributed by atoms with Crippen molar-refractivity contribution in [3.63, 3.8) is 0 Å². The number of rotatable bonds is 2. The number of hydrogen-bond donors (Lipinski definition) is 0. The second kappa shape index (κ2) is 5.43. The van der Waals surface area contributed by atoms with E-state index in [0.29, 0.717) is 18.4 Å². The average Bonchev–Trinajstić information content (AvgIpc) is 2.84. The van der Waals surface area contributed by atoms with E-state index in [1.54, 1.807) is 24.1 Å². The van der Waals surface area contributed by atoms with Gasteiger partial charge in [0.2, 0.25) is 0 Å². The molecule has 1 amide bonds. The summed E-state index contributed by atoms with van der Waals surface area (Å²) in [6, 6.07) is 7.26. The minimum Gasteiger partial charge on any atom is -0.461 e. The van der Waals surface area contributed by atoms with Crippen LogP contribution >= 0.6 is 0 Å². The van der Waals surface area contributed by atoms with Crippen molar-refractivity contribution in [1.82, 2.24) is 4.90 Å². The molecule has 2 aromatic rings. The van der Waals surface area contributed by atoms with Gasteiger partial charge < -0.3 is 9.32 Å². The van der Waals surface area contributed by atoms with Crippen LogP contribution in [0.1, 0.15) is 29.0 Å². The van der Waals surface area contributed by atoms with Crippen LogP contribution in [0.3, 0.4) is 0 Å². The van der Waals surface area contributed by atoms with Crippen LogP contribution in [0.5, 0.6) is 0 Å². The standard InChI is InChI=1S/C16H19NO4S/c1-11-9-13-10-12(3-4-15(13)21-11)16(18)17(2)14-5-7-22(19,20)8-6-14/h3-4,9-10,14H,5-8H2,1-2H3. The average molecular weight is 321 g/mol. The summed E-state index contributed by atoms with van der Waals surface area (Å²) in [7, 11) is -1.17. The number of amides is 1. The first-order valence-electron chi connectivity index (χ1n) is 7.33. The zero-order chi connectivity index (χ0) is 15.9. The molecule has 6 heteroatoms. The normalized spacial score (nSPS) is 18.5. The van der Waals surface area contributed by atoms with Crippen molar-refractivity contribution in [3.05, 3.63) is 35.6 Å². The fourth-order valence-electron chi connectivity index (χ4n) is 2.94. The van der Waals surface area contributed by atoms with E-state index < -0.39 is 9.84 Å². The van der Waals surface area contributed by atoms with Crippen molar-refractivity contribution < 1.29 is 17.6 Å². The van der Waals surface area contributed by atoms with Crippen molar-refractivity contribution in [2.24, 2.45) is 0 Å². The molecule has 0 aliphatic carbocycles. The van der Waals surface area contributed by atoms with Gasteiger partial charge in [-0.15, -0.1) is 0 Å². The van der Waals surface area contributed by atoms with Crippen LogP contribution in [0, 0.1) is 6.92 Å². The second-order valence-corrected chi connectivity index (χ2v) is 8.21. The summed E-state index contributed by atoms with van der Waals surface area (Å²) < 4.78 is 28.5. The zero-order valence-corrected chi connectivity index (χ0v) is 13.5. The molecule has 1 aliphatic heterocycles.